The fourth-order valence-corrected chi connectivity index (χ4v) is 5.88. The van der Waals surface area contributed by atoms with Crippen LogP contribution >= 0.6 is 34.6 Å². The highest BCUT2D eigenvalue weighted by Gasteiger charge is 2.59. The highest BCUT2D eigenvalue weighted by Crippen LogP contribution is 2.45. The van der Waals surface area contributed by atoms with Crippen LogP contribution in [0.15, 0.2) is 22.0 Å². The lowest BCUT2D eigenvalue weighted by molar-refractivity contribution is -0.154. The van der Waals surface area contributed by atoms with Gasteiger partial charge in [-0.3, -0.25) is 19.3 Å². The van der Waals surface area contributed by atoms with E-state index in [0.29, 0.717) is 11.9 Å². The minimum atomic E-state index is -1.31. The van der Waals surface area contributed by atoms with Crippen LogP contribution in [0.3, 0.4) is 0 Å². The number of rotatable bonds is 6. The van der Waals surface area contributed by atoms with Crippen LogP contribution in [0.4, 0.5) is 10.9 Å². The van der Waals surface area contributed by atoms with Crippen LogP contribution in [0.5, 0.6) is 0 Å². The largest absolute Gasteiger partial charge is 0.481 e. The molecule has 15 heteroatoms. The van der Waals surface area contributed by atoms with Gasteiger partial charge in [0.2, 0.25) is 5.91 Å². The van der Waals surface area contributed by atoms with E-state index in [1.54, 1.807) is 11.5 Å². The Morgan fingerprint density at radius 2 is 2.23 bits per heavy atom. The summed E-state index contributed by atoms with van der Waals surface area (Å²) in [5.74, 6) is -1.90. The topological polar surface area (TPSA) is 175 Å². The number of nitrogens with zero attached hydrogens (tertiary/aromatic N) is 6. The van der Waals surface area contributed by atoms with E-state index in [0.717, 1.165) is 27.8 Å². The lowest BCUT2D eigenvalue weighted by Gasteiger charge is -2.55. The van der Waals surface area contributed by atoms with Crippen LogP contribution in [-0.4, -0.2) is 77.5 Å². The normalized spacial score (nSPS) is 25.5. The van der Waals surface area contributed by atoms with Crippen LogP contribution in [0.25, 0.3) is 6.08 Å². The Morgan fingerprint density at radius 3 is 2.84 bits per heavy atom. The van der Waals surface area contributed by atoms with E-state index in [1.807, 2.05) is 0 Å². The first-order chi connectivity index (χ1) is 14.9. The Morgan fingerprint density at radius 1 is 1.42 bits per heavy atom. The molecule has 0 radical (unpaired) electrons. The molecule has 31 heavy (non-hydrogen) atoms. The van der Waals surface area contributed by atoms with Crippen LogP contribution in [0.2, 0.25) is 0 Å². The van der Waals surface area contributed by atoms with Crippen LogP contribution in [-0.2, 0) is 14.4 Å². The van der Waals surface area contributed by atoms with E-state index in [1.165, 1.54) is 28.1 Å². The first kappa shape index (κ1) is 21.2. The Labute approximate surface area is 187 Å². The van der Waals surface area contributed by atoms with Crippen molar-refractivity contribution in [3.05, 3.63) is 22.5 Å². The maximum Gasteiger partial charge on any atom is 0.316 e. The summed E-state index contributed by atoms with van der Waals surface area (Å²) in [7, 11) is 0. The second-order valence-corrected chi connectivity index (χ2v) is 9.34. The van der Waals surface area contributed by atoms with Gasteiger partial charge in [0, 0.05) is 23.1 Å². The average Bonchev–Trinajstić information content (AvgIpc) is 3.41. The van der Waals surface area contributed by atoms with Gasteiger partial charge >= 0.3 is 5.97 Å². The van der Waals surface area contributed by atoms with E-state index < -0.39 is 34.6 Å². The Balaban J connectivity index is 1.59. The molecule has 2 aliphatic rings. The fraction of sp³-hybridized carbons (Fsp3) is 0.312. The molecule has 2 aromatic heterocycles. The number of fused-ring (bicyclic) bond motifs is 1. The van der Waals surface area contributed by atoms with Gasteiger partial charge in [-0.1, -0.05) is 15.7 Å². The van der Waals surface area contributed by atoms with Crippen molar-refractivity contribution >= 4 is 75.7 Å². The zero-order valence-corrected chi connectivity index (χ0v) is 18.0. The number of carbonyl (C=O) groups excluding carboxylic acids is 2. The van der Waals surface area contributed by atoms with Gasteiger partial charge in [0.05, 0.1) is 5.69 Å². The molecule has 0 aliphatic carbocycles. The maximum atomic E-state index is 13.0. The van der Waals surface area contributed by atoms with E-state index >= 15 is 0 Å². The lowest BCUT2D eigenvalue weighted by atomic mass is 9.86. The molecule has 2 fully saturated rings. The molecule has 0 aromatic carbocycles. The Hall–Kier alpha value is -3.04. The molecule has 2 unspecified atom stereocenters. The van der Waals surface area contributed by atoms with Crippen LogP contribution < -0.4 is 10.6 Å². The zero-order valence-electron chi connectivity index (χ0n) is 15.6. The molecule has 4 rings (SSSR count). The standard InChI is InChI=1S/C16H15N7O5S3/c17-15-19-9(5-29-15)23(10(24)3-18-28)11-12(25)22-6-16(14(26)27,7-30-13(11)22)2-1-8-4-31-21-20-8/h1-5,11,13,28H,6-7H2,(H2,17,19)(H,26,27)/t11?,13-,16?/m1/s1. The monoisotopic (exact) mass is 481 g/mol. The van der Waals surface area contributed by atoms with Gasteiger partial charge in [0.25, 0.3) is 5.91 Å². The average molecular weight is 482 g/mol. The number of amides is 2. The van der Waals surface area contributed by atoms with Gasteiger partial charge in [0.15, 0.2) is 5.13 Å². The number of anilines is 2. The summed E-state index contributed by atoms with van der Waals surface area (Å²) in [6.07, 6.45) is 3.77. The number of aliphatic carboxylic acids is 1. The number of thioether (sulfide) groups is 1. The molecule has 2 aromatic rings. The SMILES string of the molecule is Nc1nc(N(C(=O)C=NO)C2C(=O)N3CC(C=Cc4csnn4)(C(=O)O)CS[C@H]23)cs1. The molecular weight excluding hydrogens is 466 g/mol. The summed E-state index contributed by atoms with van der Waals surface area (Å²) in [4.78, 5) is 44.2. The van der Waals surface area contributed by atoms with E-state index in [4.69, 9.17) is 10.9 Å². The molecule has 4 N–H and O–H groups in total. The van der Waals surface area contributed by atoms with Gasteiger partial charge in [-0.15, -0.1) is 28.2 Å². The number of nitrogen functional groups attached to an aromatic ring is 1. The molecule has 162 valence electrons. The van der Waals surface area contributed by atoms with Crippen molar-refractivity contribution in [1.29, 1.82) is 0 Å². The first-order valence-electron chi connectivity index (χ1n) is 8.70. The number of nitrogens with two attached hydrogens (primary N) is 1. The lowest BCUT2D eigenvalue weighted by Crippen LogP contribution is -2.74. The van der Waals surface area contributed by atoms with Crippen molar-refractivity contribution in [2.24, 2.45) is 10.6 Å². The molecule has 2 amide bonds. The summed E-state index contributed by atoms with van der Waals surface area (Å²) < 4.78 is 3.74. The third kappa shape index (κ3) is 3.75. The van der Waals surface area contributed by atoms with Gasteiger partial charge < -0.3 is 20.9 Å². The maximum absolute atomic E-state index is 13.0. The fourth-order valence-electron chi connectivity index (χ4n) is 3.36. The number of carboxylic acids is 1. The zero-order chi connectivity index (χ0) is 22.2. The van der Waals surface area contributed by atoms with Crippen molar-refractivity contribution in [2.75, 3.05) is 22.9 Å². The number of aromatic nitrogens is 3. The predicted octanol–water partition coefficient (Wildman–Crippen LogP) is 0.438. The van der Waals surface area contributed by atoms with Crippen LogP contribution in [0.1, 0.15) is 5.69 Å². The second-order valence-electron chi connectivity index (χ2n) is 6.73. The van der Waals surface area contributed by atoms with Gasteiger partial charge in [-0.05, 0) is 17.6 Å². The van der Waals surface area contributed by atoms with Crippen molar-refractivity contribution in [3.63, 3.8) is 0 Å². The summed E-state index contributed by atoms with van der Waals surface area (Å²) in [6.45, 7) is -0.0568. The molecule has 12 nitrogen and oxygen atoms in total. The summed E-state index contributed by atoms with van der Waals surface area (Å²) >= 11 is 3.49. The van der Waals surface area contributed by atoms with Crippen molar-refractivity contribution < 1.29 is 24.7 Å². The highest BCUT2D eigenvalue weighted by atomic mass is 32.2. The number of β-lactam (4-membered cyclic amide) rings is 1. The summed E-state index contributed by atoms with van der Waals surface area (Å²) in [5, 5.41) is 28.2. The molecule has 3 atom stereocenters. The number of carbonyl (C=O) groups is 3. The van der Waals surface area contributed by atoms with E-state index in [9.17, 15) is 19.5 Å². The smallest absolute Gasteiger partial charge is 0.316 e. The molecular formula is C16H15N7O5S3. The van der Waals surface area contributed by atoms with Crippen LogP contribution in [0, 0.1) is 5.41 Å². The van der Waals surface area contributed by atoms with Gasteiger partial charge in [-0.2, -0.15) is 0 Å². The minimum absolute atomic E-state index is 0.0568. The van der Waals surface area contributed by atoms with E-state index in [2.05, 4.69) is 19.7 Å². The molecule has 0 spiro atoms. The summed E-state index contributed by atoms with van der Waals surface area (Å²) in [6, 6.07) is -0.921. The molecule has 2 aliphatic heterocycles. The Bertz CT molecular complexity index is 1070. The predicted molar refractivity (Wildman–Crippen MR) is 115 cm³/mol. The van der Waals surface area contributed by atoms with Crippen molar-refractivity contribution in [2.45, 2.75) is 11.4 Å². The third-order valence-electron chi connectivity index (χ3n) is 4.89. The third-order valence-corrected chi connectivity index (χ3v) is 7.61. The van der Waals surface area contributed by atoms with E-state index in [-0.39, 0.29) is 23.2 Å². The van der Waals surface area contributed by atoms with Gasteiger partial charge in [-0.25, -0.2) is 4.98 Å². The number of carboxylic acid groups (broad SMARTS) is 1. The molecule has 4 heterocycles. The number of hydrogen-bond donors (Lipinski definition) is 3. The molecule has 2 saturated heterocycles. The molecule has 0 saturated carbocycles. The van der Waals surface area contributed by atoms with Gasteiger partial charge in [0.1, 0.15) is 28.9 Å². The van der Waals surface area contributed by atoms with Crippen molar-refractivity contribution in [3.8, 4) is 0 Å². The quantitative estimate of drug-likeness (QED) is 0.227. The number of oxime groups is 1. The molecule has 0 bridgehead atoms. The summed E-state index contributed by atoms with van der Waals surface area (Å²) in [5.41, 5.74) is 4.89. The minimum Gasteiger partial charge on any atom is -0.481 e. The number of thiazole rings is 1. The second kappa shape index (κ2) is 8.24. The number of hydrogen-bond acceptors (Lipinski definition) is 12. The van der Waals surface area contributed by atoms with Crippen molar-refractivity contribution in [1.82, 2.24) is 19.5 Å². The Kier molecular flexibility index (Phi) is 5.63. The first-order valence-corrected chi connectivity index (χ1v) is 11.5. The highest BCUT2D eigenvalue weighted by molar-refractivity contribution is 8.00.